The quantitative estimate of drug-likeness (QED) is 0.416. The third kappa shape index (κ3) is 4.50. The summed E-state index contributed by atoms with van der Waals surface area (Å²) < 4.78 is 81.7. The highest BCUT2D eigenvalue weighted by Gasteiger charge is 2.48. The van der Waals surface area contributed by atoms with E-state index in [4.69, 9.17) is 11.6 Å². The second kappa shape index (κ2) is 8.29. The molecule has 2 N–H and O–H groups in total. The van der Waals surface area contributed by atoms with Gasteiger partial charge in [0.05, 0.1) is 17.3 Å². The van der Waals surface area contributed by atoms with Crippen molar-refractivity contribution < 1.29 is 31.1 Å². The van der Waals surface area contributed by atoms with Gasteiger partial charge >= 0.3 is 12.4 Å². The second-order valence-corrected chi connectivity index (χ2v) is 7.73. The first-order valence-corrected chi connectivity index (χ1v) is 9.98. The van der Waals surface area contributed by atoms with Crippen molar-refractivity contribution in [1.29, 1.82) is 0 Å². The van der Waals surface area contributed by atoms with Crippen LogP contribution in [-0.4, -0.2) is 21.9 Å². The molecule has 0 fully saturated rings. The first-order chi connectivity index (χ1) is 15.5. The van der Waals surface area contributed by atoms with Crippen LogP contribution in [0.2, 0.25) is 5.02 Å². The van der Waals surface area contributed by atoms with Gasteiger partial charge in [0.2, 0.25) is 0 Å². The Labute approximate surface area is 188 Å². The number of carbonyl (C=O) groups excluding carboxylic acids is 1. The Morgan fingerprint density at radius 2 is 1.67 bits per heavy atom. The van der Waals surface area contributed by atoms with Crippen molar-refractivity contribution in [3.8, 4) is 0 Å². The van der Waals surface area contributed by atoms with E-state index < -0.39 is 58.7 Å². The number of nitrogens with zero attached hydrogens (tertiary/aromatic N) is 2. The summed E-state index contributed by atoms with van der Waals surface area (Å²) in [6, 6.07) is 9.67. The highest BCUT2D eigenvalue weighted by atomic mass is 35.5. The number of hydrogen-bond acceptors (Lipinski definition) is 3. The number of aromatic nitrogens is 2. The molecule has 174 valence electrons. The van der Waals surface area contributed by atoms with Crippen LogP contribution in [0.25, 0.3) is 0 Å². The maximum atomic E-state index is 13.8. The van der Waals surface area contributed by atoms with Crippen LogP contribution in [0, 0.1) is 0 Å². The molecule has 2 heterocycles. The third-order valence-electron chi connectivity index (χ3n) is 5.19. The van der Waals surface area contributed by atoms with Crippen molar-refractivity contribution in [1.82, 2.24) is 9.78 Å². The SMILES string of the molecule is O=C(Nc1ccccc1C(F)(F)F)c1nn2c(c1Cl)N[C@H](c1ccccc1)C[C@H]2C(F)(F)F. The lowest BCUT2D eigenvalue weighted by Gasteiger charge is -2.33. The zero-order valence-corrected chi connectivity index (χ0v) is 17.3. The van der Waals surface area contributed by atoms with Gasteiger partial charge in [-0.05, 0) is 17.7 Å². The van der Waals surface area contributed by atoms with Crippen LogP contribution in [0.5, 0.6) is 0 Å². The Bertz CT molecular complexity index is 1180. The molecule has 1 aliphatic rings. The number of hydrogen-bond donors (Lipinski definition) is 2. The fraction of sp³-hybridized carbons (Fsp3) is 0.238. The molecular formula is C21H15ClF6N4O. The Hall–Kier alpha value is -3.21. The van der Waals surface area contributed by atoms with E-state index in [1.54, 1.807) is 30.3 Å². The predicted octanol–water partition coefficient (Wildman–Crippen LogP) is 6.47. The van der Waals surface area contributed by atoms with Crippen LogP contribution >= 0.6 is 11.6 Å². The molecule has 0 saturated heterocycles. The van der Waals surface area contributed by atoms with Crippen LogP contribution in [0.4, 0.5) is 37.8 Å². The molecule has 0 radical (unpaired) electrons. The second-order valence-electron chi connectivity index (χ2n) is 7.35. The molecule has 0 bridgehead atoms. The van der Waals surface area contributed by atoms with Crippen molar-refractivity contribution in [2.45, 2.75) is 30.9 Å². The van der Waals surface area contributed by atoms with E-state index in [1.165, 1.54) is 6.07 Å². The van der Waals surface area contributed by atoms with Gasteiger partial charge in [-0.15, -0.1) is 0 Å². The smallest absolute Gasteiger partial charge is 0.362 e. The zero-order chi connectivity index (χ0) is 24.0. The maximum Gasteiger partial charge on any atom is 0.418 e. The van der Waals surface area contributed by atoms with E-state index in [-0.39, 0.29) is 5.82 Å². The lowest BCUT2D eigenvalue weighted by molar-refractivity contribution is -0.173. The Kier molecular flexibility index (Phi) is 5.77. The van der Waals surface area contributed by atoms with Crippen LogP contribution < -0.4 is 10.6 Å². The molecule has 1 amide bonds. The fourth-order valence-electron chi connectivity index (χ4n) is 3.66. The molecule has 0 aliphatic carbocycles. The zero-order valence-electron chi connectivity index (χ0n) is 16.5. The molecule has 4 rings (SSSR count). The minimum atomic E-state index is -4.76. The topological polar surface area (TPSA) is 59.0 Å². The lowest BCUT2D eigenvalue weighted by Crippen LogP contribution is -2.35. The predicted molar refractivity (Wildman–Crippen MR) is 109 cm³/mol. The van der Waals surface area contributed by atoms with E-state index in [0.717, 1.165) is 18.2 Å². The van der Waals surface area contributed by atoms with Gasteiger partial charge in [0.25, 0.3) is 5.91 Å². The summed E-state index contributed by atoms with van der Waals surface area (Å²) in [5, 5.41) is 8.22. The summed E-state index contributed by atoms with van der Waals surface area (Å²) in [6.07, 6.45) is -9.89. The summed E-state index contributed by atoms with van der Waals surface area (Å²) in [5.74, 6) is -1.41. The summed E-state index contributed by atoms with van der Waals surface area (Å²) in [4.78, 5) is 12.7. The number of amides is 1. The lowest BCUT2D eigenvalue weighted by atomic mass is 9.97. The Balaban J connectivity index is 1.71. The van der Waals surface area contributed by atoms with Crippen molar-refractivity contribution in [2.24, 2.45) is 0 Å². The largest absolute Gasteiger partial charge is 0.418 e. The standard InChI is InChI=1S/C21H15ClF6N4O/c22-16-17(19(33)30-13-9-5-4-8-12(13)20(23,24)25)31-32-15(21(26,27)28)10-14(29-18(16)32)11-6-2-1-3-7-11/h1-9,14-15,29H,10H2,(H,30,33)/t14-,15-/m0/s1. The molecule has 1 aliphatic heterocycles. The molecule has 0 unspecified atom stereocenters. The number of rotatable bonds is 3. The van der Waals surface area contributed by atoms with Crippen LogP contribution in [0.3, 0.4) is 0 Å². The van der Waals surface area contributed by atoms with Crippen molar-refractivity contribution >= 4 is 29.0 Å². The number of benzene rings is 2. The minimum absolute atomic E-state index is 0.242. The number of nitrogens with one attached hydrogen (secondary N) is 2. The molecule has 5 nitrogen and oxygen atoms in total. The van der Waals surface area contributed by atoms with E-state index in [1.807, 2.05) is 0 Å². The molecule has 0 spiro atoms. The summed E-state index contributed by atoms with van der Waals surface area (Å²) in [6.45, 7) is 0. The molecule has 2 aromatic carbocycles. The van der Waals surface area contributed by atoms with Gasteiger partial charge in [-0.2, -0.15) is 31.4 Å². The average molecular weight is 489 g/mol. The summed E-state index contributed by atoms with van der Waals surface area (Å²) in [5.41, 5.74) is -1.74. The number of para-hydroxylation sites is 1. The Morgan fingerprint density at radius 3 is 2.30 bits per heavy atom. The van der Waals surface area contributed by atoms with Gasteiger partial charge in [0.15, 0.2) is 11.7 Å². The highest BCUT2D eigenvalue weighted by Crippen LogP contribution is 2.46. The summed E-state index contributed by atoms with van der Waals surface area (Å²) in [7, 11) is 0. The molecule has 1 aromatic heterocycles. The average Bonchev–Trinajstić information content (AvgIpc) is 3.09. The number of halogens is 7. The summed E-state index contributed by atoms with van der Waals surface area (Å²) >= 11 is 6.20. The third-order valence-corrected chi connectivity index (χ3v) is 5.55. The van der Waals surface area contributed by atoms with Crippen LogP contribution in [0.1, 0.15) is 40.1 Å². The maximum absolute atomic E-state index is 13.8. The van der Waals surface area contributed by atoms with Crippen molar-refractivity contribution in [3.05, 3.63) is 76.4 Å². The minimum Gasteiger partial charge on any atom is -0.362 e. The van der Waals surface area contributed by atoms with Crippen molar-refractivity contribution in [3.63, 3.8) is 0 Å². The normalized spacial score (nSPS) is 18.4. The monoisotopic (exact) mass is 488 g/mol. The van der Waals surface area contributed by atoms with Crippen molar-refractivity contribution in [2.75, 3.05) is 10.6 Å². The van der Waals surface area contributed by atoms with E-state index in [0.29, 0.717) is 10.2 Å². The van der Waals surface area contributed by atoms with Crippen LogP contribution in [0.15, 0.2) is 54.6 Å². The van der Waals surface area contributed by atoms with Gasteiger partial charge in [0.1, 0.15) is 10.8 Å². The molecule has 0 saturated carbocycles. The number of carbonyl (C=O) groups is 1. The van der Waals surface area contributed by atoms with Crippen LogP contribution in [-0.2, 0) is 6.18 Å². The molecule has 12 heteroatoms. The Morgan fingerprint density at radius 1 is 1.03 bits per heavy atom. The number of alkyl halides is 6. The molecular weight excluding hydrogens is 474 g/mol. The first-order valence-electron chi connectivity index (χ1n) is 9.60. The van der Waals surface area contributed by atoms with E-state index in [2.05, 4.69) is 15.7 Å². The van der Waals surface area contributed by atoms with Gasteiger partial charge in [-0.1, -0.05) is 54.1 Å². The number of fused-ring (bicyclic) bond motifs is 1. The van der Waals surface area contributed by atoms with Gasteiger partial charge in [-0.3, -0.25) is 4.79 Å². The molecule has 3 aromatic rings. The van der Waals surface area contributed by atoms with E-state index >= 15 is 0 Å². The molecule has 2 atom stereocenters. The first kappa shape index (κ1) is 23.0. The molecule has 33 heavy (non-hydrogen) atoms. The van der Waals surface area contributed by atoms with E-state index in [9.17, 15) is 31.1 Å². The van der Waals surface area contributed by atoms with Gasteiger partial charge < -0.3 is 10.6 Å². The van der Waals surface area contributed by atoms with Gasteiger partial charge in [0, 0.05) is 6.42 Å². The number of anilines is 2. The fourth-order valence-corrected chi connectivity index (χ4v) is 3.92. The highest BCUT2D eigenvalue weighted by molar-refractivity contribution is 6.36. The van der Waals surface area contributed by atoms with Gasteiger partial charge in [-0.25, -0.2) is 4.68 Å².